The molecule has 1 heterocycles. The maximum absolute atomic E-state index is 12.5. The van der Waals surface area contributed by atoms with Crippen molar-refractivity contribution < 1.29 is 4.79 Å². The maximum atomic E-state index is 12.5. The molecule has 1 fully saturated rings. The first-order valence-electron chi connectivity index (χ1n) is 9.31. The first kappa shape index (κ1) is 18.0. The predicted octanol–water partition coefficient (Wildman–Crippen LogP) is 4.43. The summed E-state index contributed by atoms with van der Waals surface area (Å²) in [4.78, 5) is 12.5. The van der Waals surface area contributed by atoms with E-state index in [0.29, 0.717) is 11.7 Å². The molecule has 0 aromatic carbocycles. The summed E-state index contributed by atoms with van der Waals surface area (Å²) in [5.74, 6) is -0.00311. The molecule has 1 aliphatic rings. The van der Waals surface area contributed by atoms with E-state index in [0.717, 1.165) is 31.5 Å². The number of carbonyl (C=O) groups excluding carboxylic acids is 1. The molecule has 1 aromatic heterocycles. The van der Waals surface area contributed by atoms with Gasteiger partial charge in [0.25, 0.3) is 5.91 Å². The van der Waals surface area contributed by atoms with Crippen LogP contribution in [0.25, 0.3) is 0 Å². The summed E-state index contributed by atoms with van der Waals surface area (Å²) < 4.78 is 2.05. The second-order valence-electron chi connectivity index (χ2n) is 7.90. The third kappa shape index (κ3) is 5.08. The van der Waals surface area contributed by atoms with Crippen LogP contribution in [0.3, 0.4) is 0 Å². The van der Waals surface area contributed by atoms with Crippen LogP contribution >= 0.6 is 0 Å². The molecular formula is C19H33N3O. The minimum absolute atomic E-state index is 0.00256. The van der Waals surface area contributed by atoms with Crippen LogP contribution in [0.2, 0.25) is 0 Å². The number of hydrogen-bond acceptors (Lipinski definition) is 2. The maximum Gasteiger partial charge on any atom is 0.272 e. The number of aryl methyl sites for hydroxylation is 1. The fourth-order valence-corrected chi connectivity index (χ4v) is 3.32. The summed E-state index contributed by atoms with van der Waals surface area (Å²) >= 11 is 0. The van der Waals surface area contributed by atoms with Crippen molar-refractivity contribution in [2.24, 2.45) is 0 Å². The number of rotatable bonds is 6. The Bertz CT molecular complexity index is 507. The zero-order valence-corrected chi connectivity index (χ0v) is 15.3. The molecule has 4 nitrogen and oxygen atoms in total. The van der Waals surface area contributed by atoms with E-state index in [9.17, 15) is 4.79 Å². The number of hydrogen-bond donors (Lipinski definition) is 1. The molecule has 2 rings (SSSR count). The van der Waals surface area contributed by atoms with Gasteiger partial charge in [0.1, 0.15) is 5.69 Å². The van der Waals surface area contributed by atoms with Gasteiger partial charge in [-0.1, -0.05) is 59.8 Å². The van der Waals surface area contributed by atoms with E-state index >= 15 is 0 Å². The number of nitrogens with zero attached hydrogens (tertiary/aromatic N) is 2. The van der Waals surface area contributed by atoms with Gasteiger partial charge < -0.3 is 5.32 Å². The molecule has 1 aromatic rings. The van der Waals surface area contributed by atoms with Crippen LogP contribution in [-0.2, 0) is 12.0 Å². The van der Waals surface area contributed by atoms with E-state index in [2.05, 4.69) is 38.1 Å². The second kappa shape index (κ2) is 7.98. The van der Waals surface area contributed by atoms with E-state index in [1.54, 1.807) is 0 Å². The topological polar surface area (TPSA) is 46.9 Å². The Morgan fingerprint density at radius 3 is 2.57 bits per heavy atom. The second-order valence-corrected chi connectivity index (χ2v) is 7.90. The summed E-state index contributed by atoms with van der Waals surface area (Å²) in [6.45, 7) is 9.66. The number of nitrogens with one attached hydrogen (secondary N) is 1. The summed E-state index contributed by atoms with van der Waals surface area (Å²) in [5, 5.41) is 7.80. The van der Waals surface area contributed by atoms with Crippen molar-refractivity contribution in [2.45, 2.75) is 97.1 Å². The Morgan fingerprint density at radius 2 is 1.96 bits per heavy atom. The molecule has 4 heteroatoms. The van der Waals surface area contributed by atoms with Gasteiger partial charge in [-0.2, -0.15) is 5.10 Å². The van der Waals surface area contributed by atoms with Crippen LogP contribution in [0.5, 0.6) is 0 Å². The lowest BCUT2D eigenvalue weighted by atomic mass is 9.91. The van der Waals surface area contributed by atoms with Crippen molar-refractivity contribution in [3.05, 3.63) is 17.5 Å². The van der Waals surface area contributed by atoms with Gasteiger partial charge in [0.2, 0.25) is 0 Å². The Balaban J connectivity index is 2.09. The molecule has 0 radical (unpaired) electrons. The Labute approximate surface area is 141 Å². The van der Waals surface area contributed by atoms with Gasteiger partial charge >= 0.3 is 0 Å². The average molecular weight is 319 g/mol. The summed E-state index contributed by atoms with van der Waals surface area (Å²) in [7, 11) is 0. The Kier molecular flexibility index (Phi) is 6.25. The molecule has 130 valence electrons. The molecule has 0 spiro atoms. The van der Waals surface area contributed by atoms with Crippen molar-refractivity contribution in [1.29, 1.82) is 0 Å². The van der Waals surface area contributed by atoms with E-state index in [-0.39, 0.29) is 11.3 Å². The smallest absolute Gasteiger partial charge is 0.272 e. The monoisotopic (exact) mass is 319 g/mol. The molecule has 0 unspecified atom stereocenters. The molecule has 0 aliphatic heterocycles. The van der Waals surface area contributed by atoms with E-state index < -0.39 is 0 Å². The SMILES string of the molecule is CCCCCn1nc(C(=O)NC2CCCCC2)cc1C(C)(C)C. The van der Waals surface area contributed by atoms with Crippen molar-refractivity contribution in [1.82, 2.24) is 15.1 Å². The summed E-state index contributed by atoms with van der Waals surface area (Å²) in [6.07, 6.45) is 9.48. The average Bonchev–Trinajstić information content (AvgIpc) is 2.93. The van der Waals surface area contributed by atoms with Gasteiger partial charge in [0.05, 0.1) is 0 Å². The third-order valence-electron chi connectivity index (χ3n) is 4.69. The zero-order chi connectivity index (χ0) is 16.9. The van der Waals surface area contributed by atoms with Crippen molar-refractivity contribution in [3.8, 4) is 0 Å². The molecule has 1 aliphatic carbocycles. The fraction of sp³-hybridized carbons (Fsp3) is 0.789. The molecule has 1 saturated carbocycles. The van der Waals surface area contributed by atoms with Crippen molar-refractivity contribution in [2.75, 3.05) is 0 Å². The quantitative estimate of drug-likeness (QED) is 0.788. The molecule has 0 bridgehead atoms. The first-order chi connectivity index (χ1) is 10.9. The number of unbranched alkanes of at least 4 members (excludes halogenated alkanes) is 2. The van der Waals surface area contributed by atoms with Crippen LogP contribution in [-0.4, -0.2) is 21.7 Å². The Hall–Kier alpha value is -1.32. The normalized spacial score (nSPS) is 16.5. The van der Waals surface area contributed by atoms with Crippen LogP contribution < -0.4 is 5.32 Å². The van der Waals surface area contributed by atoms with Gasteiger partial charge in [0.15, 0.2) is 0 Å². The van der Waals surface area contributed by atoms with E-state index in [1.165, 1.54) is 32.1 Å². The predicted molar refractivity (Wildman–Crippen MR) is 94.8 cm³/mol. The van der Waals surface area contributed by atoms with E-state index in [4.69, 9.17) is 0 Å². The molecule has 0 saturated heterocycles. The lowest BCUT2D eigenvalue weighted by molar-refractivity contribution is 0.0921. The van der Waals surface area contributed by atoms with E-state index in [1.807, 2.05) is 10.7 Å². The lowest BCUT2D eigenvalue weighted by Crippen LogP contribution is -2.36. The van der Waals surface area contributed by atoms with Crippen LogP contribution in [0, 0.1) is 0 Å². The highest BCUT2D eigenvalue weighted by Gasteiger charge is 2.24. The minimum Gasteiger partial charge on any atom is -0.348 e. The molecular weight excluding hydrogens is 286 g/mol. The summed E-state index contributed by atoms with van der Waals surface area (Å²) in [6, 6.07) is 2.32. The third-order valence-corrected chi connectivity index (χ3v) is 4.69. The standard InChI is InChI=1S/C19H33N3O/c1-5-6-10-13-22-17(19(2,3)4)14-16(21-22)18(23)20-15-11-8-7-9-12-15/h14-15H,5-13H2,1-4H3,(H,20,23). The molecule has 23 heavy (non-hydrogen) atoms. The number of carbonyl (C=O) groups is 1. The van der Waals surface area contributed by atoms with Gasteiger partial charge in [-0.15, -0.1) is 0 Å². The van der Waals surface area contributed by atoms with Crippen LogP contribution in [0.4, 0.5) is 0 Å². The fourth-order valence-electron chi connectivity index (χ4n) is 3.32. The van der Waals surface area contributed by atoms with Gasteiger partial charge in [0, 0.05) is 23.7 Å². The van der Waals surface area contributed by atoms with Crippen molar-refractivity contribution in [3.63, 3.8) is 0 Å². The molecule has 1 amide bonds. The highest BCUT2D eigenvalue weighted by Crippen LogP contribution is 2.24. The van der Waals surface area contributed by atoms with Gasteiger partial charge in [-0.3, -0.25) is 9.48 Å². The van der Waals surface area contributed by atoms with Crippen LogP contribution in [0.1, 0.15) is 95.2 Å². The molecule has 1 N–H and O–H groups in total. The first-order valence-corrected chi connectivity index (χ1v) is 9.31. The van der Waals surface area contributed by atoms with Crippen LogP contribution in [0.15, 0.2) is 6.07 Å². The minimum atomic E-state index is -0.00311. The number of aromatic nitrogens is 2. The summed E-state index contributed by atoms with van der Waals surface area (Å²) in [5.41, 5.74) is 1.74. The lowest BCUT2D eigenvalue weighted by Gasteiger charge is -2.22. The largest absolute Gasteiger partial charge is 0.348 e. The number of amides is 1. The highest BCUT2D eigenvalue weighted by atomic mass is 16.2. The Morgan fingerprint density at radius 1 is 1.26 bits per heavy atom. The highest BCUT2D eigenvalue weighted by molar-refractivity contribution is 5.92. The van der Waals surface area contributed by atoms with Crippen molar-refractivity contribution >= 4 is 5.91 Å². The van der Waals surface area contributed by atoms with Gasteiger partial charge in [-0.05, 0) is 25.3 Å². The molecule has 0 atom stereocenters. The van der Waals surface area contributed by atoms with Gasteiger partial charge in [-0.25, -0.2) is 0 Å². The zero-order valence-electron chi connectivity index (χ0n) is 15.3.